The highest BCUT2D eigenvalue weighted by molar-refractivity contribution is 7.80. The van der Waals surface area contributed by atoms with E-state index >= 15 is 0 Å². The van der Waals surface area contributed by atoms with Gasteiger partial charge in [-0.05, 0) is 62.2 Å². The highest BCUT2D eigenvalue weighted by Crippen LogP contribution is 2.31. The lowest BCUT2D eigenvalue weighted by Crippen LogP contribution is -2.40. The molecule has 2 aliphatic rings. The molecule has 3 heteroatoms. The highest BCUT2D eigenvalue weighted by atomic mass is 32.1. The minimum absolute atomic E-state index is 0.375. The molecular weight excluding hydrogens is 230 g/mol. The van der Waals surface area contributed by atoms with E-state index in [0.717, 1.165) is 24.1 Å². The van der Waals surface area contributed by atoms with Gasteiger partial charge in [0.2, 0.25) is 0 Å². The zero-order chi connectivity index (χ0) is 12.1. The zero-order valence-corrected chi connectivity index (χ0v) is 11.7. The maximum Gasteiger partial charge on any atom is 0.0471 e. The summed E-state index contributed by atoms with van der Waals surface area (Å²) in [4.78, 5) is 2.59. The SMILES string of the molecule is OCC1CCCN(CC2CCCC(CS)C2)C1. The molecule has 0 amide bonds. The normalized spacial score (nSPS) is 36.0. The second-order valence-electron chi connectivity index (χ2n) is 6.03. The average Bonchev–Trinajstić information content (AvgIpc) is 2.39. The lowest BCUT2D eigenvalue weighted by Gasteiger charge is -2.37. The number of rotatable bonds is 4. The van der Waals surface area contributed by atoms with Crippen LogP contribution >= 0.6 is 12.6 Å². The fourth-order valence-electron chi connectivity index (χ4n) is 3.57. The van der Waals surface area contributed by atoms with Crippen molar-refractivity contribution in [2.24, 2.45) is 17.8 Å². The van der Waals surface area contributed by atoms with E-state index in [0.29, 0.717) is 12.5 Å². The molecule has 0 aromatic rings. The van der Waals surface area contributed by atoms with E-state index < -0.39 is 0 Å². The van der Waals surface area contributed by atoms with Gasteiger partial charge in [0.1, 0.15) is 0 Å². The van der Waals surface area contributed by atoms with Crippen LogP contribution in [0.1, 0.15) is 38.5 Å². The van der Waals surface area contributed by atoms with E-state index in [4.69, 9.17) is 0 Å². The Bertz CT molecular complexity index is 202. The minimum atomic E-state index is 0.375. The summed E-state index contributed by atoms with van der Waals surface area (Å²) in [5, 5.41) is 9.26. The van der Waals surface area contributed by atoms with Crippen molar-refractivity contribution < 1.29 is 5.11 Å². The van der Waals surface area contributed by atoms with Crippen molar-refractivity contribution in [2.45, 2.75) is 38.5 Å². The molecular formula is C14H27NOS. The summed E-state index contributed by atoms with van der Waals surface area (Å²) in [6.07, 6.45) is 8.06. The lowest BCUT2D eigenvalue weighted by molar-refractivity contribution is 0.0962. The first-order valence-electron chi connectivity index (χ1n) is 7.26. The number of hydrogen-bond acceptors (Lipinski definition) is 3. The van der Waals surface area contributed by atoms with Crippen LogP contribution in [0.15, 0.2) is 0 Å². The molecule has 3 atom stereocenters. The van der Waals surface area contributed by atoms with Crippen molar-refractivity contribution in [2.75, 3.05) is 32.0 Å². The minimum Gasteiger partial charge on any atom is -0.396 e. The summed E-state index contributed by atoms with van der Waals surface area (Å²) in [5.41, 5.74) is 0. The van der Waals surface area contributed by atoms with E-state index in [1.54, 1.807) is 0 Å². The molecule has 100 valence electrons. The van der Waals surface area contributed by atoms with Crippen LogP contribution in [-0.4, -0.2) is 42.0 Å². The Labute approximate surface area is 111 Å². The molecule has 1 aliphatic heterocycles. The van der Waals surface area contributed by atoms with Crippen LogP contribution in [0.5, 0.6) is 0 Å². The third-order valence-electron chi connectivity index (χ3n) is 4.53. The molecule has 0 bridgehead atoms. The summed E-state index contributed by atoms with van der Waals surface area (Å²) in [7, 11) is 0. The fraction of sp³-hybridized carbons (Fsp3) is 1.00. The molecule has 0 aromatic carbocycles. The second-order valence-corrected chi connectivity index (χ2v) is 6.40. The van der Waals surface area contributed by atoms with Gasteiger partial charge in [-0.2, -0.15) is 12.6 Å². The first-order chi connectivity index (χ1) is 8.31. The predicted octanol–water partition coefficient (Wildman–Crippen LogP) is 2.43. The summed E-state index contributed by atoms with van der Waals surface area (Å²) in [6, 6.07) is 0. The van der Waals surface area contributed by atoms with Crippen LogP contribution in [0.25, 0.3) is 0 Å². The quantitative estimate of drug-likeness (QED) is 0.756. The van der Waals surface area contributed by atoms with Gasteiger partial charge >= 0.3 is 0 Å². The number of aliphatic hydroxyl groups excluding tert-OH is 1. The standard InChI is InChI=1S/C14H27NOS/c16-10-14-5-2-6-15(9-14)8-12-3-1-4-13(7-12)11-17/h12-14,16-17H,1-11H2. The van der Waals surface area contributed by atoms with E-state index in [9.17, 15) is 5.11 Å². The molecule has 1 heterocycles. The number of likely N-dealkylation sites (tertiary alicyclic amines) is 1. The Morgan fingerprint density at radius 1 is 1.06 bits per heavy atom. The molecule has 2 fully saturated rings. The van der Waals surface area contributed by atoms with Gasteiger partial charge in [0.05, 0.1) is 0 Å². The van der Waals surface area contributed by atoms with Crippen LogP contribution < -0.4 is 0 Å². The van der Waals surface area contributed by atoms with Gasteiger partial charge < -0.3 is 10.0 Å². The Balaban J connectivity index is 1.75. The Morgan fingerprint density at radius 2 is 1.82 bits per heavy atom. The number of nitrogens with zero attached hydrogens (tertiary/aromatic N) is 1. The number of aliphatic hydroxyl groups is 1. The first-order valence-corrected chi connectivity index (χ1v) is 7.89. The smallest absolute Gasteiger partial charge is 0.0471 e. The fourth-order valence-corrected chi connectivity index (χ4v) is 3.90. The van der Waals surface area contributed by atoms with Crippen LogP contribution in [0, 0.1) is 17.8 Å². The van der Waals surface area contributed by atoms with Gasteiger partial charge in [-0.3, -0.25) is 0 Å². The van der Waals surface area contributed by atoms with Gasteiger partial charge in [0.25, 0.3) is 0 Å². The van der Waals surface area contributed by atoms with Crippen LogP contribution in [-0.2, 0) is 0 Å². The Morgan fingerprint density at radius 3 is 2.59 bits per heavy atom. The maximum atomic E-state index is 9.26. The number of thiol groups is 1. The van der Waals surface area contributed by atoms with Gasteiger partial charge in [0, 0.05) is 19.7 Å². The van der Waals surface area contributed by atoms with Gasteiger partial charge in [0.15, 0.2) is 0 Å². The molecule has 2 rings (SSSR count). The third kappa shape index (κ3) is 4.15. The molecule has 17 heavy (non-hydrogen) atoms. The summed E-state index contributed by atoms with van der Waals surface area (Å²) in [6.45, 7) is 4.01. The van der Waals surface area contributed by atoms with Crippen molar-refractivity contribution in [3.63, 3.8) is 0 Å². The van der Waals surface area contributed by atoms with Crippen molar-refractivity contribution in [3.8, 4) is 0 Å². The molecule has 1 saturated carbocycles. The maximum absolute atomic E-state index is 9.26. The lowest BCUT2D eigenvalue weighted by atomic mass is 9.81. The monoisotopic (exact) mass is 257 g/mol. The van der Waals surface area contributed by atoms with Crippen LogP contribution in [0.4, 0.5) is 0 Å². The van der Waals surface area contributed by atoms with Crippen molar-refractivity contribution >= 4 is 12.6 Å². The Kier molecular flexibility index (Phi) is 5.64. The summed E-state index contributed by atoms with van der Waals surface area (Å²) < 4.78 is 0. The van der Waals surface area contributed by atoms with Gasteiger partial charge in [-0.1, -0.05) is 6.42 Å². The topological polar surface area (TPSA) is 23.5 Å². The first kappa shape index (κ1) is 13.7. The van der Waals surface area contributed by atoms with E-state index in [1.807, 2.05) is 0 Å². The number of hydrogen-bond donors (Lipinski definition) is 2. The van der Waals surface area contributed by atoms with E-state index in [2.05, 4.69) is 17.5 Å². The van der Waals surface area contributed by atoms with Gasteiger partial charge in [-0.25, -0.2) is 0 Å². The number of piperidine rings is 1. The molecule has 0 aromatic heterocycles. The molecule has 0 radical (unpaired) electrons. The largest absolute Gasteiger partial charge is 0.396 e. The second kappa shape index (κ2) is 7.01. The van der Waals surface area contributed by atoms with Crippen molar-refractivity contribution in [3.05, 3.63) is 0 Å². The highest BCUT2D eigenvalue weighted by Gasteiger charge is 2.25. The van der Waals surface area contributed by atoms with Gasteiger partial charge in [-0.15, -0.1) is 0 Å². The van der Waals surface area contributed by atoms with Crippen LogP contribution in [0.3, 0.4) is 0 Å². The van der Waals surface area contributed by atoms with Crippen molar-refractivity contribution in [1.29, 1.82) is 0 Å². The molecule has 0 spiro atoms. The summed E-state index contributed by atoms with van der Waals surface area (Å²) >= 11 is 4.45. The molecule has 2 nitrogen and oxygen atoms in total. The zero-order valence-electron chi connectivity index (χ0n) is 10.9. The predicted molar refractivity (Wildman–Crippen MR) is 75.6 cm³/mol. The van der Waals surface area contributed by atoms with Crippen molar-refractivity contribution in [1.82, 2.24) is 4.90 Å². The average molecular weight is 257 g/mol. The van der Waals surface area contributed by atoms with E-state index in [-0.39, 0.29) is 0 Å². The third-order valence-corrected chi connectivity index (χ3v) is 5.04. The summed E-state index contributed by atoms with van der Waals surface area (Å²) in [5.74, 6) is 3.34. The van der Waals surface area contributed by atoms with E-state index in [1.165, 1.54) is 51.6 Å². The molecule has 1 N–H and O–H groups in total. The molecule has 1 aliphatic carbocycles. The Hall–Kier alpha value is 0.270. The molecule has 1 saturated heterocycles. The molecule has 3 unspecified atom stereocenters. The van der Waals surface area contributed by atoms with Crippen LogP contribution in [0.2, 0.25) is 0 Å².